The second kappa shape index (κ2) is 2.97. The molecule has 1 heterocycles. The number of amides is 1. The lowest BCUT2D eigenvalue weighted by Crippen LogP contribution is -2.18. The summed E-state index contributed by atoms with van der Waals surface area (Å²) in [7, 11) is 3.03. The van der Waals surface area contributed by atoms with E-state index in [9.17, 15) is 9.18 Å². The highest BCUT2D eigenvalue weighted by atomic mass is 19.1. The number of rotatable bonds is 1. The van der Waals surface area contributed by atoms with Crippen LogP contribution in [0, 0.1) is 5.82 Å². The Kier molecular flexibility index (Phi) is 1.91. The van der Waals surface area contributed by atoms with Crippen LogP contribution in [0.1, 0.15) is 15.9 Å². The van der Waals surface area contributed by atoms with Gasteiger partial charge in [0.1, 0.15) is 0 Å². The highest BCUT2D eigenvalue weighted by Gasteiger charge is 2.29. The number of ether oxygens (including phenoxy) is 1. The molecule has 0 radical (unpaired) electrons. The maximum atomic E-state index is 13.6. The van der Waals surface area contributed by atoms with E-state index in [1.54, 1.807) is 19.2 Å². The standard InChI is InChI=1S/C10H10FNO2/c1-12-5-6-3-4-7(14-2)9(11)8(6)10(12)13/h3-4H,5H2,1-2H3. The molecule has 0 bridgehead atoms. The summed E-state index contributed by atoms with van der Waals surface area (Å²) in [6.07, 6.45) is 0. The minimum atomic E-state index is -0.556. The lowest BCUT2D eigenvalue weighted by Gasteiger charge is -2.05. The minimum absolute atomic E-state index is 0.118. The van der Waals surface area contributed by atoms with Gasteiger partial charge in [-0.1, -0.05) is 6.07 Å². The van der Waals surface area contributed by atoms with Gasteiger partial charge in [0, 0.05) is 13.6 Å². The van der Waals surface area contributed by atoms with E-state index in [-0.39, 0.29) is 17.2 Å². The number of hydrogen-bond donors (Lipinski definition) is 0. The van der Waals surface area contributed by atoms with Crippen molar-refractivity contribution in [1.29, 1.82) is 0 Å². The average molecular weight is 195 g/mol. The smallest absolute Gasteiger partial charge is 0.257 e. The van der Waals surface area contributed by atoms with E-state index in [1.165, 1.54) is 12.0 Å². The van der Waals surface area contributed by atoms with Crippen molar-refractivity contribution >= 4 is 5.91 Å². The highest BCUT2D eigenvalue weighted by Crippen LogP contribution is 2.29. The van der Waals surface area contributed by atoms with Gasteiger partial charge < -0.3 is 9.64 Å². The van der Waals surface area contributed by atoms with Crippen LogP contribution in [-0.4, -0.2) is 25.0 Å². The quantitative estimate of drug-likeness (QED) is 0.678. The Hall–Kier alpha value is -1.58. The largest absolute Gasteiger partial charge is 0.494 e. The monoisotopic (exact) mass is 195 g/mol. The molecule has 1 aliphatic rings. The van der Waals surface area contributed by atoms with Gasteiger partial charge in [-0.25, -0.2) is 4.39 Å². The molecule has 0 aliphatic carbocycles. The Morgan fingerprint density at radius 3 is 2.86 bits per heavy atom. The van der Waals surface area contributed by atoms with E-state index in [0.717, 1.165) is 5.56 Å². The summed E-state index contributed by atoms with van der Waals surface area (Å²) in [6, 6.07) is 3.26. The maximum absolute atomic E-state index is 13.6. The van der Waals surface area contributed by atoms with Gasteiger partial charge in [-0.3, -0.25) is 4.79 Å². The van der Waals surface area contributed by atoms with Crippen LogP contribution in [0.2, 0.25) is 0 Å². The number of hydrogen-bond acceptors (Lipinski definition) is 2. The van der Waals surface area contributed by atoms with E-state index in [0.29, 0.717) is 6.54 Å². The van der Waals surface area contributed by atoms with Crippen LogP contribution in [0.4, 0.5) is 4.39 Å². The van der Waals surface area contributed by atoms with Crippen LogP contribution in [0.15, 0.2) is 12.1 Å². The summed E-state index contributed by atoms with van der Waals surface area (Å²) < 4.78 is 18.4. The van der Waals surface area contributed by atoms with Crippen molar-refractivity contribution in [1.82, 2.24) is 4.90 Å². The summed E-state index contributed by atoms with van der Waals surface area (Å²) in [6.45, 7) is 0.467. The molecule has 0 saturated heterocycles. The van der Waals surface area contributed by atoms with Gasteiger partial charge in [0.2, 0.25) is 0 Å². The molecular formula is C10H10FNO2. The Morgan fingerprint density at radius 1 is 1.50 bits per heavy atom. The third-order valence-corrected chi connectivity index (χ3v) is 2.38. The van der Waals surface area contributed by atoms with E-state index in [1.807, 2.05) is 0 Å². The molecule has 0 atom stereocenters. The van der Waals surface area contributed by atoms with Gasteiger partial charge in [-0.2, -0.15) is 0 Å². The van der Waals surface area contributed by atoms with Gasteiger partial charge in [-0.05, 0) is 11.6 Å². The van der Waals surface area contributed by atoms with Crippen molar-refractivity contribution in [2.45, 2.75) is 6.54 Å². The molecule has 0 aromatic heterocycles. The predicted molar refractivity (Wildman–Crippen MR) is 48.7 cm³/mol. The molecule has 0 fully saturated rings. The van der Waals surface area contributed by atoms with Gasteiger partial charge in [0.05, 0.1) is 12.7 Å². The zero-order chi connectivity index (χ0) is 10.3. The molecule has 3 nitrogen and oxygen atoms in total. The van der Waals surface area contributed by atoms with E-state index in [4.69, 9.17) is 4.74 Å². The first-order chi connectivity index (χ1) is 6.65. The Bertz CT molecular complexity index is 403. The lowest BCUT2D eigenvalue weighted by atomic mass is 10.1. The third-order valence-electron chi connectivity index (χ3n) is 2.38. The third kappa shape index (κ3) is 1.07. The SMILES string of the molecule is COc1ccc2c(c1F)C(=O)N(C)C2. The average Bonchev–Trinajstić information content (AvgIpc) is 2.44. The molecule has 74 valence electrons. The van der Waals surface area contributed by atoms with Crippen LogP contribution in [0.5, 0.6) is 5.75 Å². The second-order valence-electron chi connectivity index (χ2n) is 3.28. The highest BCUT2D eigenvalue weighted by molar-refractivity contribution is 5.98. The number of carbonyl (C=O) groups is 1. The zero-order valence-corrected chi connectivity index (χ0v) is 8.00. The number of methoxy groups -OCH3 is 1. The summed E-state index contributed by atoms with van der Waals surface area (Å²) >= 11 is 0. The van der Waals surface area contributed by atoms with Crippen molar-refractivity contribution < 1.29 is 13.9 Å². The summed E-state index contributed by atoms with van der Waals surface area (Å²) in [5, 5.41) is 0. The van der Waals surface area contributed by atoms with Gasteiger partial charge in [-0.15, -0.1) is 0 Å². The lowest BCUT2D eigenvalue weighted by molar-refractivity contribution is 0.0812. The maximum Gasteiger partial charge on any atom is 0.257 e. The van der Waals surface area contributed by atoms with Crippen LogP contribution in [-0.2, 0) is 6.54 Å². The molecule has 2 rings (SSSR count). The topological polar surface area (TPSA) is 29.5 Å². The summed E-state index contributed by atoms with van der Waals surface area (Å²) in [5.74, 6) is -0.719. The van der Waals surface area contributed by atoms with Crippen molar-refractivity contribution in [2.75, 3.05) is 14.2 Å². The predicted octanol–water partition coefficient (Wildman–Crippen LogP) is 1.42. The first kappa shape index (κ1) is 8.99. The number of carbonyl (C=O) groups excluding carboxylic acids is 1. The molecule has 1 amide bonds. The van der Waals surface area contributed by atoms with Crippen molar-refractivity contribution in [3.63, 3.8) is 0 Å². The van der Waals surface area contributed by atoms with Crippen LogP contribution in [0.3, 0.4) is 0 Å². The molecule has 1 aromatic carbocycles. The number of benzene rings is 1. The van der Waals surface area contributed by atoms with Gasteiger partial charge in [0.15, 0.2) is 11.6 Å². The minimum Gasteiger partial charge on any atom is -0.494 e. The van der Waals surface area contributed by atoms with Gasteiger partial charge in [0.25, 0.3) is 5.91 Å². The number of nitrogens with zero attached hydrogens (tertiary/aromatic N) is 1. The van der Waals surface area contributed by atoms with E-state index < -0.39 is 5.82 Å². The molecule has 0 N–H and O–H groups in total. The van der Waals surface area contributed by atoms with Crippen LogP contribution in [0.25, 0.3) is 0 Å². The van der Waals surface area contributed by atoms with Crippen molar-refractivity contribution in [2.24, 2.45) is 0 Å². The van der Waals surface area contributed by atoms with Crippen molar-refractivity contribution in [3.8, 4) is 5.75 Å². The zero-order valence-electron chi connectivity index (χ0n) is 8.00. The summed E-state index contributed by atoms with van der Waals surface area (Å²) in [5.41, 5.74) is 0.864. The Labute approximate surface area is 81.1 Å². The Balaban J connectivity index is 2.60. The summed E-state index contributed by atoms with van der Waals surface area (Å²) in [4.78, 5) is 13.0. The fourth-order valence-electron chi connectivity index (χ4n) is 1.64. The molecule has 1 aromatic rings. The van der Waals surface area contributed by atoms with E-state index in [2.05, 4.69) is 0 Å². The fraction of sp³-hybridized carbons (Fsp3) is 0.300. The second-order valence-corrected chi connectivity index (χ2v) is 3.28. The molecule has 14 heavy (non-hydrogen) atoms. The first-order valence-electron chi connectivity index (χ1n) is 4.26. The molecular weight excluding hydrogens is 185 g/mol. The van der Waals surface area contributed by atoms with E-state index >= 15 is 0 Å². The molecule has 4 heteroatoms. The molecule has 1 aliphatic heterocycles. The normalized spacial score (nSPS) is 14.5. The number of fused-ring (bicyclic) bond motifs is 1. The molecule has 0 spiro atoms. The Morgan fingerprint density at radius 2 is 2.21 bits per heavy atom. The molecule has 0 saturated carbocycles. The first-order valence-corrected chi connectivity index (χ1v) is 4.26. The van der Waals surface area contributed by atoms with Crippen molar-refractivity contribution in [3.05, 3.63) is 29.1 Å². The van der Waals surface area contributed by atoms with Crippen LogP contribution >= 0.6 is 0 Å². The van der Waals surface area contributed by atoms with Gasteiger partial charge >= 0.3 is 0 Å². The number of halogens is 1. The molecule has 0 unspecified atom stereocenters. The van der Waals surface area contributed by atoms with Crippen LogP contribution < -0.4 is 4.74 Å². The fourth-order valence-corrected chi connectivity index (χ4v) is 1.64.